The Morgan fingerprint density at radius 1 is 1.19 bits per heavy atom. The van der Waals surface area contributed by atoms with Crippen molar-refractivity contribution in [1.29, 1.82) is 0 Å². The summed E-state index contributed by atoms with van der Waals surface area (Å²) >= 11 is 5.03. The first-order chi connectivity index (χ1) is 12.8. The molecule has 0 saturated heterocycles. The highest BCUT2D eigenvalue weighted by molar-refractivity contribution is 9.11. The van der Waals surface area contributed by atoms with E-state index in [4.69, 9.17) is 4.74 Å². The van der Waals surface area contributed by atoms with Crippen LogP contribution >= 0.6 is 27.3 Å². The number of thiophene rings is 1. The van der Waals surface area contributed by atoms with Gasteiger partial charge in [-0.15, -0.1) is 11.3 Å². The zero-order chi connectivity index (χ0) is 20.0. The lowest BCUT2D eigenvalue weighted by Crippen LogP contribution is -2.49. The first-order valence-electron chi connectivity index (χ1n) is 8.84. The molecule has 0 radical (unpaired) electrons. The Bertz CT molecular complexity index is 774. The molecule has 1 aromatic heterocycles. The Morgan fingerprint density at radius 2 is 1.85 bits per heavy atom. The monoisotopic (exact) mass is 452 g/mol. The van der Waals surface area contributed by atoms with Crippen LogP contribution in [-0.4, -0.2) is 36.4 Å². The van der Waals surface area contributed by atoms with Crippen LogP contribution in [0.25, 0.3) is 0 Å². The third kappa shape index (κ3) is 6.07. The molecule has 0 aliphatic heterocycles. The number of carbonyl (C=O) groups is 2. The second-order valence-corrected chi connectivity index (χ2v) is 9.10. The molecule has 0 unspecified atom stereocenters. The van der Waals surface area contributed by atoms with E-state index in [1.807, 2.05) is 32.9 Å². The predicted molar refractivity (Wildman–Crippen MR) is 112 cm³/mol. The minimum atomic E-state index is -0.586. The molecule has 7 heteroatoms. The summed E-state index contributed by atoms with van der Waals surface area (Å²) in [7, 11) is 1.76. The summed E-state index contributed by atoms with van der Waals surface area (Å²) < 4.78 is 6.42. The summed E-state index contributed by atoms with van der Waals surface area (Å²) in [5, 5.41) is 2.88. The number of hydrogen-bond acceptors (Lipinski definition) is 4. The highest BCUT2D eigenvalue weighted by Crippen LogP contribution is 2.23. The first-order valence-corrected chi connectivity index (χ1v) is 10.5. The molecule has 0 fully saturated rings. The van der Waals surface area contributed by atoms with Crippen molar-refractivity contribution < 1.29 is 14.3 Å². The lowest BCUT2D eigenvalue weighted by Gasteiger charge is -2.27. The molecule has 0 bridgehead atoms. The van der Waals surface area contributed by atoms with Gasteiger partial charge in [-0.2, -0.15) is 0 Å². The van der Waals surface area contributed by atoms with Crippen molar-refractivity contribution >= 4 is 39.1 Å². The van der Waals surface area contributed by atoms with Crippen LogP contribution in [0.15, 0.2) is 40.2 Å². The van der Waals surface area contributed by atoms with Crippen molar-refractivity contribution in [3.8, 4) is 5.75 Å². The summed E-state index contributed by atoms with van der Waals surface area (Å²) in [5.41, 5.74) is 0.502. The molecule has 146 valence electrons. The first kappa shape index (κ1) is 21.4. The van der Waals surface area contributed by atoms with Crippen LogP contribution in [0.3, 0.4) is 0 Å². The van der Waals surface area contributed by atoms with Gasteiger partial charge in [0.2, 0.25) is 5.91 Å². The van der Waals surface area contributed by atoms with E-state index in [0.29, 0.717) is 24.5 Å². The van der Waals surface area contributed by atoms with Crippen molar-refractivity contribution in [2.45, 2.75) is 33.4 Å². The molecule has 0 spiro atoms. The van der Waals surface area contributed by atoms with Crippen LogP contribution in [0.5, 0.6) is 5.75 Å². The molecule has 1 atom stereocenters. The zero-order valence-corrected chi connectivity index (χ0v) is 18.4. The van der Waals surface area contributed by atoms with Gasteiger partial charge in [0, 0.05) is 17.5 Å². The van der Waals surface area contributed by atoms with Gasteiger partial charge in [-0.1, -0.05) is 13.8 Å². The van der Waals surface area contributed by atoms with E-state index in [1.54, 1.807) is 47.5 Å². The lowest BCUT2D eigenvalue weighted by molar-refractivity contribution is -0.133. The normalized spacial score (nSPS) is 11.9. The van der Waals surface area contributed by atoms with E-state index in [9.17, 15) is 9.59 Å². The van der Waals surface area contributed by atoms with E-state index < -0.39 is 6.04 Å². The summed E-state index contributed by atoms with van der Waals surface area (Å²) in [6, 6.07) is 10.3. The zero-order valence-electron chi connectivity index (χ0n) is 16.0. The van der Waals surface area contributed by atoms with Crippen LogP contribution in [0, 0.1) is 5.92 Å². The Morgan fingerprint density at radius 3 is 2.37 bits per heavy atom. The Kier molecular flexibility index (Phi) is 7.86. The van der Waals surface area contributed by atoms with Gasteiger partial charge in [-0.3, -0.25) is 9.59 Å². The number of benzene rings is 1. The number of hydrogen-bond donors (Lipinski definition) is 1. The number of likely N-dealkylation sites (N-methyl/N-ethyl adjacent to an activating group) is 1. The van der Waals surface area contributed by atoms with Crippen molar-refractivity contribution in [2.75, 3.05) is 13.7 Å². The predicted octanol–water partition coefficient (Wildman–Crippen LogP) is 4.32. The van der Waals surface area contributed by atoms with Crippen LogP contribution in [0.4, 0.5) is 0 Å². The average Bonchev–Trinajstić information content (AvgIpc) is 3.04. The van der Waals surface area contributed by atoms with Gasteiger partial charge in [0.1, 0.15) is 11.8 Å². The fraction of sp³-hybridized carbons (Fsp3) is 0.400. The molecular formula is C20H25BrN2O3S. The van der Waals surface area contributed by atoms with Crippen molar-refractivity contribution in [1.82, 2.24) is 10.2 Å². The molecule has 5 nitrogen and oxygen atoms in total. The minimum Gasteiger partial charge on any atom is -0.494 e. The largest absolute Gasteiger partial charge is 0.494 e. The Hall–Kier alpha value is -1.86. The van der Waals surface area contributed by atoms with Gasteiger partial charge >= 0.3 is 0 Å². The van der Waals surface area contributed by atoms with Gasteiger partial charge in [0.05, 0.1) is 16.9 Å². The van der Waals surface area contributed by atoms with E-state index in [2.05, 4.69) is 21.2 Å². The topological polar surface area (TPSA) is 58.6 Å². The second kappa shape index (κ2) is 9.90. The standard InChI is InChI=1S/C20H25BrN2O3S/c1-5-26-15-8-6-14(7-9-15)19(24)22-18(13(2)3)20(25)23(4)12-16-10-11-17(21)27-16/h6-11,13,18H,5,12H2,1-4H3,(H,22,24)/t18-/m0/s1. The van der Waals surface area contributed by atoms with Crippen molar-refractivity contribution in [3.05, 3.63) is 50.6 Å². The molecule has 0 saturated carbocycles. The second-order valence-electron chi connectivity index (χ2n) is 6.55. The highest BCUT2D eigenvalue weighted by atomic mass is 79.9. The molecule has 1 aromatic carbocycles. The third-order valence-corrected chi connectivity index (χ3v) is 5.65. The SMILES string of the molecule is CCOc1ccc(C(=O)N[C@H](C(=O)N(C)Cc2ccc(Br)s2)C(C)C)cc1. The summed E-state index contributed by atoms with van der Waals surface area (Å²) in [6.45, 7) is 6.85. The maximum absolute atomic E-state index is 12.9. The molecule has 2 rings (SSSR count). The van der Waals surface area contributed by atoms with Gasteiger partial charge in [-0.05, 0) is 65.2 Å². The van der Waals surface area contributed by atoms with Crippen molar-refractivity contribution in [3.63, 3.8) is 0 Å². The maximum atomic E-state index is 12.9. The molecule has 2 aromatic rings. The molecule has 0 aliphatic carbocycles. The molecule has 27 heavy (non-hydrogen) atoms. The van der Waals surface area contributed by atoms with Gasteiger partial charge in [0.25, 0.3) is 5.91 Å². The highest BCUT2D eigenvalue weighted by Gasteiger charge is 2.27. The summed E-state index contributed by atoms with van der Waals surface area (Å²) in [4.78, 5) is 28.2. The third-order valence-electron chi connectivity index (χ3n) is 4.04. The maximum Gasteiger partial charge on any atom is 0.251 e. The van der Waals surface area contributed by atoms with Crippen LogP contribution < -0.4 is 10.1 Å². The molecule has 1 N–H and O–H groups in total. The quantitative estimate of drug-likeness (QED) is 0.648. The number of halogens is 1. The van der Waals surface area contributed by atoms with Gasteiger partial charge in [0.15, 0.2) is 0 Å². The molecule has 2 amide bonds. The fourth-order valence-electron chi connectivity index (χ4n) is 2.59. The van der Waals surface area contributed by atoms with E-state index in [-0.39, 0.29) is 17.7 Å². The average molecular weight is 453 g/mol. The van der Waals surface area contributed by atoms with Crippen LogP contribution in [0.1, 0.15) is 36.0 Å². The van der Waals surface area contributed by atoms with Crippen LogP contribution in [-0.2, 0) is 11.3 Å². The number of amides is 2. The number of ether oxygens (including phenoxy) is 1. The summed E-state index contributed by atoms with van der Waals surface area (Å²) in [5.74, 6) is 0.320. The number of nitrogens with one attached hydrogen (secondary N) is 1. The smallest absolute Gasteiger partial charge is 0.251 e. The van der Waals surface area contributed by atoms with Gasteiger partial charge < -0.3 is 15.0 Å². The molecule has 1 heterocycles. The van der Waals surface area contributed by atoms with E-state index in [0.717, 1.165) is 8.66 Å². The number of rotatable bonds is 8. The summed E-state index contributed by atoms with van der Waals surface area (Å²) in [6.07, 6.45) is 0. The van der Waals surface area contributed by atoms with E-state index >= 15 is 0 Å². The Labute approximate surface area is 172 Å². The molecular weight excluding hydrogens is 428 g/mol. The Balaban J connectivity index is 2.04. The van der Waals surface area contributed by atoms with Crippen LogP contribution in [0.2, 0.25) is 0 Å². The number of nitrogens with zero attached hydrogens (tertiary/aromatic N) is 1. The van der Waals surface area contributed by atoms with E-state index in [1.165, 1.54) is 0 Å². The fourth-order valence-corrected chi connectivity index (χ4v) is 4.13. The lowest BCUT2D eigenvalue weighted by atomic mass is 10.0. The van der Waals surface area contributed by atoms with Gasteiger partial charge in [-0.25, -0.2) is 0 Å². The minimum absolute atomic E-state index is 0.0262. The molecule has 0 aliphatic rings. The van der Waals surface area contributed by atoms with Crippen molar-refractivity contribution in [2.24, 2.45) is 5.92 Å². The number of carbonyl (C=O) groups excluding carboxylic acids is 2.